The molecule has 0 amide bonds. The largest absolute Gasteiger partial charge is 0.480 e. The average Bonchev–Trinajstić information content (AvgIpc) is 2.07. The maximum atomic E-state index is 11.7. The van der Waals surface area contributed by atoms with Crippen LogP contribution in [-0.2, 0) is 14.8 Å². The molecule has 0 spiro atoms. The van der Waals surface area contributed by atoms with E-state index in [1.807, 2.05) is 6.92 Å². The Bertz CT molecular complexity index is 343. The monoisotopic (exact) mass is 265 g/mol. The molecule has 0 aliphatic carbocycles. The van der Waals surface area contributed by atoms with Crippen molar-refractivity contribution in [2.45, 2.75) is 53.0 Å². The SMILES string of the molecule is CCCC[C@H](NS(=O)(=O)CC(C)(C)C)C(=O)O. The Hall–Kier alpha value is -0.620. The van der Waals surface area contributed by atoms with Gasteiger partial charge in [0, 0.05) is 0 Å². The van der Waals surface area contributed by atoms with Gasteiger partial charge in [-0.25, -0.2) is 13.1 Å². The number of carboxylic acids is 1. The molecule has 1 atom stereocenters. The number of sulfonamides is 1. The molecule has 0 saturated carbocycles. The van der Waals surface area contributed by atoms with Crippen molar-refractivity contribution in [3.63, 3.8) is 0 Å². The first-order chi connectivity index (χ1) is 7.57. The number of unbranched alkanes of at least 4 members (excludes halogenated alkanes) is 1. The van der Waals surface area contributed by atoms with Crippen LogP contribution in [0.2, 0.25) is 0 Å². The van der Waals surface area contributed by atoms with Crippen LogP contribution >= 0.6 is 0 Å². The molecule has 0 fully saturated rings. The number of hydrogen-bond donors (Lipinski definition) is 2. The Labute approximate surface area is 104 Å². The second-order valence-corrected chi connectivity index (χ2v) is 7.22. The van der Waals surface area contributed by atoms with Crippen molar-refractivity contribution in [1.29, 1.82) is 0 Å². The fourth-order valence-corrected chi connectivity index (χ4v) is 3.35. The summed E-state index contributed by atoms with van der Waals surface area (Å²) >= 11 is 0. The lowest BCUT2D eigenvalue weighted by Crippen LogP contribution is -2.43. The third-order valence-electron chi connectivity index (χ3n) is 2.09. The molecule has 0 aromatic heterocycles. The highest BCUT2D eigenvalue weighted by atomic mass is 32.2. The molecular formula is C11H23NO4S. The van der Waals surface area contributed by atoms with Gasteiger partial charge in [-0.3, -0.25) is 4.79 Å². The van der Waals surface area contributed by atoms with Crippen molar-refractivity contribution in [3.05, 3.63) is 0 Å². The smallest absolute Gasteiger partial charge is 0.321 e. The van der Waals surface area contributed by atoms with Gasteiger partial charge in [0.1, 0.15) is 6.04 Å². The van der Waals surface area contributed by atoms with Gasteiger partial charge in [-0.05, 0) is 11.8 Å². The topological polar surface area (TPSA) is 83.5 Å². The quantitative estimate of drug-likeness (QED) is 0.732. The summed E-state index contributed by atoms with van der Waals surface area (Å²) < 4.78 is 25.8. The number of carbonyl (C=O) groups is 1. The van der Waals surface area contributed by atoms with Gasteiger partial charge >= 0.3 is 5.97 Å². The number of rotatable bonds is 7. The first-order valence-electron chi connectivity index (χ1n) is 5.80. The predicted octanol–water partition coefficient (Wildman–Crippen LogP) is 1.60. The van der Waals surface area contributed by atoms with Gasteiger partial charge in [0.25, 0.3) is 0 Å². The normalized spacial score (nSPS) is 14.6. The molecule has 5 nitrogen and oxygen atoms in total. The Morgan fingerprint density at radius 2 is 1.88 bits per heavy atom. The van der Waals surface area contributed by atoms with Crippen molar-refractivity contribution in [1.82, 2.24) is 4.72 Å². The van der Waals surface area contributed by atoms with Crippen LogP contribution in [0.4, 0.5) is 0 Å². The maximum absolute atomic E-state index is 11.7. The molecular weight excluding hydrogens is 242 g/mol. The van der Waals surface area contributed by atoms with E-state index in [1.54, 1.807) is 20.8 Å². The van der Waals surface area contributed by atoms with Gasteiger partial charge in [-0.1, -0.05) is 40.5 Å². The minimum absolute atomic E-state index is 0.0735. The standard InChI is InChI=1S/C11H23NO4S/c1-5-6-7-9(10(13)14)12-17(15,16)8-11(2,3)4/h9,12H,5-8H2,1-4H3,(H,13,14)/t9-/m0/s1. The number of aliphatic carboxylic acids is 1. The predicted molar refractivity (Wildman–Crippen MR) is 67.3 cm³/mol. The second kappa shape index (κ2) is 6.35. The van der Waals surface area contributed by atoms with E-state index in [9.17, 15) is 13.2 Å². The lowest BCUT2D eigenvalue weighted by Gasteiger charge is -2.20. The second-order valence-electron chi connectivity index (χ2n) is 5.47. The molecule has 102 valence electrons. The van der Waals surface area contributed by atoms with Gasteiger partial charge in [0.05, 0.1) is 5.75 Å². The van der Waals surface area contributed by atoms with Gasteiger partial charge in [0.2, 0.25) is 10.0 Å². The highest BCUT2D eigenvalue weighted by Crippen LogP contribution is 2.16. The minimum Gasteiger partial charge on any atom is -0.480 e. The summed E-state index contributed by atoms with van der Waals surface area (Å²) in [7, 11) is -3.54. The van der Waals surface area contributed by atoms with Crippen LogP contribution in [0, 0.1) is 5.41 Å². The van der Waals surface area contributed by atoms with Crippen molar-refractivity contribution < 1.29 is 18.3 Å². The molecule has 0 aliphatic heterocycles. The zero-order valence-electron chi connectivity index (χ0n) is 11.0. The molecule has 0 heterocycles. The fourth-order valence-electron chi connectivity index (χ4n) is 1.47. The Kier molecular flexibility index (Phi) is 6.12. The average molecular weight is 265 g/mol. The Morgan fingerprint density at radius 3 is 2.24 bits per heavy atom. The van der Waals surface area contributed by atoms with E-state index in [-0.39, 0.29) is 11.2 Å². The van der Waals surface area contributed by atoms with E-state index in [1.165, 1.54) is 0 Å². The minimum atomic E-state index is -3.54. The molecule has 0 radical (unpaired) electrons. The molecule has 2 N–H and O–H groups in total. The first kappa shape index (κ1) is 16.4. The van der Waals surface area contributed by atoms with Crippen molar-refractivity contribution in [2.24, 2.45) is 5.41 Å². The van der Waals surface area contributed by atoms with Crippen LogP contribution in [-0.4, -0.2) is 31.3 Å². The molecule has 0 aromatic carbocycles. The molecule has 0 saturated heterocycles. The summed E-state index contributed by atoms with van der Waals surface area (Å²) in [6, 6.07) is -1.01. The molecule has 0 aliphatic rings. The van der Waals surface area contributed by atoms with Crippen LogP contribution in [0.5, 0.6) is 0 Å². The van der Waals surface area contributed by atoms with Gasteiger partial charge in [0.15, 0.2) is 0 Å². The highest BCUT2D eigenvalue weighted by molar-refractivity contribution is 7.89. The molecule has 0 aromatic rings. The maximum Gasteiger partial charge on any atom is 0.321 e. The van der Waals surface area contributed by atoms with Gasteiger partial charge < -0.3 is 5.11 Å². The van der Waals surface area contributed by atoms with Crippen LogP contribution in [0.1, 0.15) is 47.0 Å². The molecule has 0 rings (SSSR count). The number of nitrogens with one attached hydrogen (secondary N) is 1. The first-order valence-corrected chi connectivity index (χ1v) is 7.45. The fraction of sp³-hybridized carbons (Fsp3) is 0.909. The van der Waals surface area contributed by atoms with Gasteiger partial charge in [-0.2, -0.15) is 0 Å². The van der Waals surface area contributed by atoms with Crippen LogP contribution in [0.15, 0.2) is 0 Å². The van der Waals surface area contributed by atoms with Crippen LogP contribution < -0.4 is 4.72 Å². The summed E-state index contributed by atoms with van der Waals surface area (Å²) in [6.07, 6.45) is 1.86. The van der Waals surface area contributed by atoms with Crippen LogP contribution in [0.25, 0.3) is 0 Å². The third-order valence-corrected chi connectivity index (χ3v) is 3.98. The lowest BCUT2D eigenvalue weighted by atomic mass is 10.0. The van der Waals surface area contributed by atoms with Crippen LogP contribution in [0.3, 0.4) is 0 Å². The van der Waals surface area contributed by atoms with E-state index < -0.39 is 22.0 Å². The van der Waals surface area contributed by atoms with E-state index >= 15 is 0 Å². The van der Waals surface area contributed by atoms with Crippen molar-refractivity contribution in [3.8, 4) is 0 Å². The molecule has 0 unspecified atom stereocenters. The number of hydrogen-bond acceptors (Lipinski definition) is 3. The highest BCUT2D eigenvalue weighted by Gasteiger charge is 2.27. The molecule has 0 bridgehead atoms. The Balaban J connectivity index is 4.59. The zero-order chi connectivity index (χ0) is 13.7. The van der Waals surface area contributed by atoms with Gasteiger partial charge in [-0.15, -0.1) is 0 Å². The molecule has 17 heavy (non-hydrogen) atoms. The molecule has 6 heteroatoms. The summed E-state index contributed by atoms with van der Waals surface area (Å²) in [4.78, 5) is 10.9. The number of carboxylic acid groups (broad SMARTS) is 1. The summed E-state index contributed by atoms with van der Waals surface area (Å²) in [6.45, 7) is 7.33. The third kappa shape index (κ3) is 8.15. The summed E-state index contributed by atoms with van der Waals surface area (Å²) in [5.74, 6) is -1.19. The van der Waals surface area contributed by atoms with E-state index in [4.69, 9.17) is 5.11 Å². The van der Waals surface area contributed by atoms with E-state index in [2.05, 4.69) is 4.72 Å². The Morgan fingerprint density at radius 1 is 1.35 bits per heavy atom. The zero-order valence-corrected chi connectivity index (χ0v) is 11.8. The van der Waals surface area contributed by atoms with E-state index in [0.29, 0.717) is 12.8 Å². The van der Waals surface area contributed by atoms with E-state index in [0.717, 1.165) is 6.42 Å². The summed E-state index contributed by atoms with van der Waals surface area (Å²) in [5, 5.41) is 8.93. The summed E-state index contributed by atoms with van der Waals surface area (Å²) in [5.41, 5.74) is -0.389. The lowest BCUT2D eigenvalue weighted by molar-refractivity contribution is -0.139. The van der Waals surface area contributed by atoms with Crippen molar-refractivity contribution >= 4 is 16.0 Å². The van der Waals surface area contributed by atoms with Crippen molar-refractivity contribution in [2.75, 3.05) is 5.75 Å².